The molecule has 0 aromatic heterocycles. The zero-order valence-electron chi connectivity index (χ0n) is 10.9. The fourth-order valence-electron chi connectivity index (χ4n) is 1.81. The van der Waals surface area contributed by atoms with Crippen LogP contribution in [0, 0.1) is 0 Å². The average molecular weight is 257 g/mol. The first-order valence-electron chi connectivity index (χ1n) is 5.64. The van der Waals surface area contributed by atoms with Crippen molar-refractivity contribution < 1.29 is 19.2 Å². The maximum Gasteiger partial charge on any atom is 0.238 e. The molecule has 0 aliphatic rings. The van der Waals surface area contributed by atoms with Gasteiger partial charge in [-0.2, -0.15) is 0 Å². The van der Waals surface area contributed by atoms with Crippen LogP contribution >= 0.6 is 0 Å². The minimum Gasteiger partial charge on any atom is -0.294 e. The molecule has 0 heterocycles. The number of rotatable bonds is 5. The molecule has 0 unspecified atom stereocenters. The van der Waals surface area contributed by atoms with Gasteiger partial charge in [0.15, 0.2) is 17.3 Å². The predicted octanol–water partition coefficient (Wildman–Crippen LogP) is 1.93. The number of allylic oxidation sites excluding steroid dienone is 2. The quantitative estimate of drug-likeness (QED) is 0.350. The van der Waals surface area contributed by atoms with Gasteiger partial charge in [0.05, 0.1) is 5.57 Å². The van der Waals surface area contributed by atoms with Crippen molar-refractivity contribution in [1.82, 2.24) is 0 Å². The maximum atomic E-state index is 11.7. The smallest absolute Gasteiger partial charge is 0.238 e. The number of Topliss-reactive ketones (excluding diaryl/α,β-unsaturated/α-hetero) is 3. The molecule has 1 aromatic rings. The van der Waals surface area contributed by atoms with Crippen LogP contribution in [0.2, 0.25) is 0 Å². The maximum absolute atomic E-state index is 11.7. The molecule has 97 valence electrons. The highest BCUT2D eigenvalue weighted by Crippen LogP contribution is 2.24. The number of hydrogen-bond donors (Lipinski definition) is 0. The van der Waals surface area contributed by atoms with Crippen molar-refractivity contribution in [3.63, 3.8) is 0 Å². The van der Waals surface area contributed by atoms with Crippen molar-refractivity contribution in [2.45, 2.75) is 20.8 Å². The summed E-state index contributed by atoms with van der Waals surface area (Å²) in [5.41, 5.74) is 0.187. The largest absolute Gasteiger partial charge is 0.294 e. The topological polar surface area (TPSA) is 68.3 Å². The molecule has 0 spiro atoms. The normalized spacial score (nSPS) is 11.5. The molecule has 1 aromatic carbocycles. The standard InChI is InChI=1S/C15H13O4/c1-9(17)12-6-4-5-7-13(12)15(11(3)19)14(8-16)10(2)18/h4-7H,1-3H3. The molecule has 19 heavy (non-hydrogen) atoms. The van der Waals surface area contributed by atoms with E-state index in [9.17, 15) is 19.2 Å². The van der Waals surface area contributed by atoms with Gasteiger partial charge in [-0.25, -0.2) is 0 Å². The van der Waals surface area contributed by atoms with E-state index < -0.39 is 11.6 Å². The Bertz CT molecular complexity index is 594. The van der Waals surface area contributed by atoms with Crippen molar-refractivity contribution in [2.75, 3.05) is 0 Å². The van der Waals surface area contributed by atoms with Gasteiger partial charge >= 0.3 is 0 Å². The van der Waals surface area contributed by atoms with Gasteiger partial charge in [0.25, 0.3) is 0 Å². The molecule has 0 saturated heterocycles. The van der Waals surface area contributed by atoms with Crippen molar-refractivity contribution in [3.05, 3.63) is 41.0 Å². The Labute approximate surface area is 111 Å². The van der Waals surface area contributed by atoms with Crippen LogP contribution in [0.1, 0.15) is 36.7 Å². The van der Waals surface area contributed by atoms with Crippen LogP contribution in [0.4, 0.5) is 0 Å². The first kappa shape index (κ1) is 14.7. The Kier molecular flexibility index (Phi) is 4.64. The second-order valence-electron chi connectivity index (χ2n) is 4.07. The zero-order valence-corrected chi connectivity index (χ0v) is 10.9. The van der Waals surface area contributed by atoms with Gasteiger partial charge < -0.3 is 0 Å². The van der Waals surface area contributed by atoms with Crippen molar-refractivity contribution in [1.29, 1.82) is 0 Å². The van der Waals surface area contributed by atoms with Gasteiger partial charge in [-0.05, 0) is 26.3 Å². The van der Waals surface area contributed by atoms with E-state index in [2.05, 4.69) is 0 Å². The highest BCUT2D eigenvalue weighted by Gasteiger charge is 2.21. The Morgan fingerprint density at radius 2 is 1.42 bits per heavy atom. The number of hydrogen-bond acceptors (Lipinski definition) is 4. The summed E-state index contributed by atoms with van der Waals surface area (Å²) in [7, 11) is 0. The van der Waals surface area contributed by atoms with E-state index in [0.29, 0.717) is 5.56 Å². The van der Waals surface area contributed by atoms with Crippen LogP contribution in [-0.4, -0.2) is 23.6 Å². The zero-order chi connectivity index (χ0) is 14.6. The predicted molar refractivity (Wildman–Crippen MR) is 70.4 cm³/mol. The lowest BCUT2D eigenvalue weighted by molar-refractivity contribution is -0.114. The van der Waals surface area contributed by atoms with E-state index in [1.807, 2.05) is 0 Å². The van der Waals surface area contributed by atoms with Gasteiger partial charge in [-0.1, -0.05) is 24.3 Å². The molecule has 0 bridgehead atoms. The van der Waals surface area contributed by atoms with Gasteiger partial charge in [0.1, 0.15) is 0 Å². The Morgan fingerprint density at radius 3 is 1.79 bits per heavy atom. The van der Waals surface area contributed by atoms with Gasteiger partial charge in [-0.3, -0.25) is 19.2 Å². The third-order valence-corrected chi connectivity index (χ3v) is 2.63. The fraction of sp³-hybridized carbons (Fsp3) is 0.200. The van der Waals surface area contributed by atoms with Gasteiger partial charge in [0.2, 0.25) is 6.29 Å². The van der Waals surface area contributed by atoms with Crippen LogP contribution in [0.15, 0.2) is 29.8 Å². The Hall–Kier alpha value is -2.36. The van der Waals surface area contributed by atoms with Crippen molar-refractivity contribution in [2.24, 2.45) is 0 Å². The summed E-state index contributed by atoms with van der Waals surface area (Å²) in [6, 6.07) is 6.36. The number of carbonyl (C=O) groups is 3. The molecule has 1 rings (SSSR count). The summed E-state index contributed by atoms with van der Waals surface area (Å²) in [4.78, 5) is 45.6. The molecular formula is C15H13O4. The molecule has 0 amide bonds. The summed E-state index contributed by atoms with van der Waals surface area (Å²) in [6.45, 7) is 3.78. The SMILES string of the molecule is CC(=O)C([C]=O)=C(C(C)=O)c1ccccc1C(C)=O. The number of benzene rings is 1. The second kappa shape index (κ2) is 6.00. The van der Waals surface area contributed by atoms with Crippen LogP contribution in [-0.2, 0) is 14.4 Å². The number of ketones is 3. The molecule has 1 radical (unpaired) electrons. The van der Waals surface area contributed by atoms with E-state index in [1.165, 1.54) is 33.1 Å². The Morgan fingerprint density at radius 1 is 0.895 bits per heavy atom. The summed E-state index contributed by atoms with van der Waals surface area (Å²) < 4.78 is 0. The molecule has 0 atom stereocenters. The molecule has 0 aliphatic carbocycles. The van der Waals surface area contributed by atoms with Crippen LogP contribution in [0.5, 0.6) is 0 Å². The summed E-state index contributed by atoms with van der Waals surface area (Å²) in [5.74, 6) is -1.26. The van der Waals surface area contributed by atoms with Gasteiger partial charge in [0, 0.05) is 11.1 Å². The van der Waals surface area contributed by atoms with Crippen LogP contribution in [0.25, 0.3) is 5.57 Å². The molecule has 0 saturated carbocycles. The van der Waals surface area contributed by atoms with E-state index in [-0.39, 0.29) is 22.5 Å². The van der Waals surface area contributed by atoms with Crippen molar-refractivity contribution >= 4 is 29.2 Å². The summed E-state index contributed by atoms with van der Waals surface area (Å²) >= 11 is 0. The third-order valence-electron chi connectivity index (χ3n) is 2.63. The lowest BCUT2D eigenvalue weighted by Gasteiger charge is -2.10. The third kappa shape index (κ3) is 3.10. The fourth-order valence-corrected chi connectivity index (χ4v) is 1.81. The Balaban J connectivity index is 3.71. The molecule has 0 fully saturated rings. The molecule has 0 aliphatic heterocycles. The molecule has 0 N–H and O–H groups in total. The highest BCUT2D eigenvalue weighted by atomic mass is 16.1. The minimum absolute atomic E-state index is 0.0618. The highest BCUT2D eigenvalue weighted by molar-refractivity contribution is 6.33. The van der Waals surface area contributed by atoms with Crippen LogP contribution in [0.3, 0.4) is 0 Å². The first-order valence-corrected chi connectivity index (χ1v) is 5.64. The first-order chi connectivity index (χ1) is 8.90. The minimum atomic E-state index is -0.557. The lowest BCUT2D eigenvalue weighted by Crippen LogP contribution is -2.11. The molecular weight excluding hydrogens is 244 g/mol. The number of carbonyl (C=O) groups excluding carboxylic acids is 4. The summed E-state index contributed by atoms with van der Waals surface area (Å²) in [5, 5.41) is 0. The van der Waals surface area contributed by atoms with E-state index in [1.54, 1.807) is 18.2 Å². The monoisotopic (exact) mass is 257 g/mol. The summed E-state index contributed by atoms with van der Waals surface area (Å²) in [6.07, 6.45) is 1.50. The van der Waals surface area contributed by atoms with Crippen LogP contribution < -0.4 is 0 Å². The lowest BCUT2D eigenvalue weighted by atomic mass is 9.90. The molecule has 4 heteroatoms. The second-order valence-corrected chi connectivity index (χ2v) is 4.07. The average Bonchev–Trinajstić information content (AvgIpc) is 2.34. The van der Waals surface area contributed by atoms with E-state index in [4.69, 9.17) is 0 Å². The van der Waals surface area contributed by atoms with E-state index in [0.717, 1.165) is 0 Å². The van der Waals surface area contributed by atoms with E-state index >= 15 is 0 Å². The van der Waals surface area contributed by atoms with Gasteiger partial charge in [-0.15, -0.1) is 0 Å². The van der Waals surface area contributed by atoms with Crippen molar-refractivity contribution in [3.8, 4) is 0 Å². The molecule has 4 nitrogen and oxygen atoms in total.